The number of hydrogen-bond acceptors (Lipinski definition) is 2. The molecule has 1 fully saturated rings. The first-order valence-electron chi connectivity index (χ1n) is 7.25. The summed E-state index contributed by atoms with van der Waals surface area (Å²) in [5, 5.41) is -0.105. The molecule has 0 saturated heterocycles. The second-order valence-corrected chi connectivity index (χ2v) is 7.31. The number of aromatic nitrogens is 3. The Morgan fingerprint density at radius 2 is 2.05 bits per heavy atom. The minimum absolute atomic E-state index is 0.105. The highest BCUT2D eigenvalue weighted by Gasteiger charge is 2.27. The Bertz CT molecular complexity index is 617. The molecule has 0 spiro atoms. The summed E-state index contributed by atoms with van der Waals surface area (Å²) in [6.07, 6.45) is 7.12. The summed E-state index contributed by atoms with van der Waals surface area (Å²) in [7, 11) is 0. The van der Waals surface area contributed by atoms with Crippen molar-refractivity contribution in [2.75, 3.05) is 0 Å². The fourth-order valence-electron chi connectivity index (χ4n) is 3.31. The predicted molar refractivity (Wildman–Crippen MR) is 86.2 cm³/mol. The number of fused-ring (bicyclic) bond motifs is 1. The molecule has 1 aliphatic carbocycles. The Morgan fingerprint density at radius 3 is 2.70 bits per heavy atom. The molecule has 1 saturated carbocycles. The van der Waals surface area contributed by atoms with Gasteiger partial charge in [0.2, 0.25) is 0 Å². The van der Waals surface area contributed by atoms with Crippen LogP contribution in [0.2, 0.25) is 0 Å². The van der Waals surface area contributed by atoms with Crippen LogP contribution in [0.25, 0.3) is 11.2 Å². The summed E-state index contributed by atoms with van der Waals surface area (Å²) in [4.78, 5) is 9.28. The van der Waals surface area contributed by atoms with Crippen molar-refractivity contribution < 1.29 is 0 Å². The van der Waals surface area contributed by atoms with E-state index in [0.717, 1.165) is 21.5 Å². The van der Waals surface area contributed by atoms with E-state index in [9.17, 15) is 0 Å². The molecular weight excluding hydrogens is 338 g/mol. The molecule has 2 aromatic rings. The number of rotatable bonds is 3. The molecule has 0 aromatic carbocycles. The van der Waals surface area contributed by atoms with Crippen molar-refractivity contribution in [3.8, 4) is 0 Å². The second-order valence-electron chi connectivity index (χ2n) is 5.74. The molecule has 3 rings (SSSR count). The highest BCUT2D eigenvalue weighted by atomic mass is 79.9. The van der Waals surface area contributed by atoms with E-state index >= 15 is 0 Å². The first-order chi connectivity index (χ1) is 9.58. The molecule has 5 heteroatoms. The Hall–Kier alpha value is -0.610. The first kappa shape index (κ1) is 14.3. The van der Waals surface area contributed by atoms with Crippen LogP contribution in [0.5, 0.6) is 0 Å². The van der Waals surface area contributed by atoms with E-state index < -0.39 is 0 Å². The fourth-order valence-corrected chi connectivity index (χ4v) is 3.78. The van der Waals surface area contributed by atoms with Crippen LogP contribution in [0.4, 0.5) is 0 Å². The molecule has 20 heavy (non-hydrogen) atoms. The number of pyridine rings is 1. The SMILES string of the molecule is CC(Cl)c1nc2cc(Br)cnc2n1C(C)C1CCCC1. The molecular formula is C15H19BrClN3. The third kappa shape index (κ3) is 2.48. The molecule has 2 atom stereocenters. The summed E-state index contributed by atoms with van der Waals surface area (Å²) >= 11 is 9.81. The summed E-state index contributed by atoms with van der Waals surface area (Å²) in [5.41, 5.74) is 1.88. The molecule has 2 heterocycles. The van der Waals surface area contributed by atoms with Gasteiger partial charge in [-0.1, -0.05) is 12.8 Å². The summed E-state index contributed by atoms with van der Waals surface area (Å²) in [6, 6.07) is 2.43. The zero-order chi connectivity index (χ0) is 14.3. The molecule has 1 aliphatic rings. The van der Waals surface area contributed by atoms with Gasteiger partial charge in [-0.3, -0.25) is 0 Å². The van der Waals surface area contributed by atoms with Crippen molar-refractivity contribution in [1.29, 1.82) is 0 Å². The van der Waals surface area contributed by atoms with Crippen LogP contribution in [-0.4, -0.2) is 14.5 Å². The second kappa shape index (κ2) is 5.64. The van der Waals surface area contributed by atoms with Gasteiger partial charge < -0.3 is 4.57 Å². The van der Waals surface area contributed by atoms with Crippen molar-refractivity contribution in [2.24, 2.45) is 5.92 Å². The Morgan fingerprint density at radius 1 is 1.35 bits per heavy atom. The maximum absolute atomic E-state index is 6.35. The minimum Gasteiger partial charge on any atom is -0.308 e. The summed E-state index contributed by atoms with van der Waals surface area (Å²) < 4.78 is 3.21. The lowest BCUT2D eigenvalue weighted by Crippen LogP contribution is -2.17. The zero-order valence-electron chi connectivity index (χ0n) is 11.8. The van der Waals surface area contributed by atoms with Gasteiger partial charge in [0, 0.05) is 16.7 Å². The van der Waals surface area contributed by atoms with E-state index in [1.807, 2.05) is 19.2 Å². The third-order valence-electron chi connectivity index (χ3n) is 4.37. The van der Waals surface area contributed by atoms with E-state index in [4.69, 9.17) is 16.6 Å². The maximum Gasteiger partial charge on any atom is 0.160 e. The predicted octanol–water partition coefficient (Wildman–Crippen LogP) is 5.24. The van der Waals surface area contributed by atoms with Crippen LogP contribution >= 0.6 is 27.5 Å². The van der Waals surface area contributed by atoms with E-state index in [2.05, 4.69) is 32.4 Å². The fraction of sp³-hybridized carbons (Fsp3) is 0.600. The number of alkyl halides is 1. The smallest absolute Gasteiger partial charge is 0.160 e. The van der Waals surface area contributed by atoms with Crippen molar-refractivity contribution in [3.63, 3.8) is 0 Å². The van der Waals surface area contributed by atoms with E-state index in [1.54, 1.807) is 0 Å². The Labute approximate surface area is 132 Å². The van der Waals surface area contributed by atoms with Gasteiger partial charge in [0.05, 0.1) is 5.38 Å². The van der Waals surface area contributed by atoms with Gasteiger partial charge in [-0.05, 0) is 54.6 Å². The molecule has 0 radical (unpaired) electrons. The van der Waals surface area contributed by atoms with Gasteiger partial charge in [-0.2, -0.15) is 0 Å². The monoisotopic (exact) mass is 355 g/mol. The number of nitrogens with zero attached hydrogens (tertiary/aromatic N) is 3. The van der Waals surface area contributed by atoms with Gasteiger partial charge in [0.1, 0.15) is 11.3 Å². The normalized spacial score (nSPS) is 19.6. The average Bonchev–Trinajstić information content (AvgIpc) is 3.04. The molecule has 2 aromatic heterocycles. The molecule has 0 amide bonds. The Kier molecular flexibility index (Phi) is 4.04. The van der Waals surface area contributed by atoms with Gasteiger partial charge in [0.25, 0.3) is 0 Å². The Balaban J connectivity index is 2.13. The molecule has 0 bridgehead atoms. The third-order valence-corrected chi connectivity index (χ3v) is 5.00. The van der Waals surface area contributed by atoms with Crippen LogP contribution < -0.4 is 0 Å². The van der Waals surface area contributed by atoms with Crippen LogP contribution in [0.1, 0.15) is 56.8 Å². The first-order valence-corrected chi connectivity index (χ1v) is 8.48. The molecule has 2 unspecified atom stereocenters. The average molecular weight is 357 g/mol. The van der Waals surface area contributed by atoms with Crippen molar-refractivity contribution in [1.82, 2.24) is 14.5 Å². The van der Waals surface area contributed by atoms with E-state index in [0.29, 0.717) is 12.0 Å². The quantitative estimate of drug-likeness (QED) is 0.704. The highest BCUT2D eigenvalue weighted by molar-refractivity contribution is 9.10. The van der Waals surface area contributed by atoms with Crippen LogP contribution in [-0.2, 0) is 0 Å². The number of imidazole rings is 1. The van der Waals surface area contributed by atoms with Gasteiger partial charge in [-0.25, -0.2) is 9.97 Å². The number of hydrogen-bond donors (Lipinski definition) is 0. The van der Waals surface area contributed by atoms with Crippen LogP contribution in [0.15, 0.2) is 16.7 Å². The van der Waals surface area contributed by atoms with Crippen molar-refractivity contribution >= 4 is 38.7 Å². The standard InChI is InChI=1S/C15H19BrClN3/c1-9(17)14-19-13-7-12(16)8-18-15(13)20(14)10(2)11-5-3-4-6-11/h7-11H,3-6H2,1-2H3. The zero-order valence-corrected chi connectivity index (χ0v) is 14.2. The number of halogens is 2. The van der Waals surface area contributed by atoms with E-state index in [-0.39, 0.29) is 5.38 Å². The van der Waals surface area contributed by atoms with Gasteiger partial charge in [-0.15, -0.1) is 11.6 Å². The summed E-state index contributed by atoms with van der Waals surface area (Å²) in [6.45, 7) is 4.26. The molecule has 0 aliphatic heterocycles. The topological polar surface area (TPSA) is 30.7 Å². The summed E-state index contributed by atoms with van der Waals surface area (Å²) in [5.74, 6) is 1.65. The van der Waals surface area contributed by atoms with Crippen molar-refractivity contribution in [3.05, 3.63) is 22.6 Å². The van der Waals surface area contributed by atoms with Gasteiger partial charge in [0.15, 0.2) is 5.65 Å². The highest BCUT2D eigenvalue weighted by Crippen LogP contribution is 2.38. The lowest BCUT2D eigenvalue weighted by Gasteiger charge is -2.23. The van der Waals surface area contributed by atoms with Crippen LogP contribution in [0.3, 0.4) is 0 Å². The molecule has 3 nitrogen and oxygen atoms in total. The lowest BCUT2D eigenvalue weighted by molar-refractivity contribution is 0.358. The largest absolute Gasteiger partial charge is 0.308 e. The maximum atomic E-state index is 6.35. The molecule has 0 N–H and O–H groups in total. The van der Waals surface area contributed by atoms with Crippen LogP contribution in [0, 0.1) is 5.92 Å². The van der Waals surface area contributed by atoms with Gasteiger partial charge >= 0.3 is 0 Å². The lowest BCUT2D eigenvalue weighted by atomic mass is 9.99. The van der Waals surface area contributed by atoms with Crippen molar-refractivity contribution in [2.45, 2.75) is 50.9 Å². The minimum atomic E-state index is -0.105. The van der Waals surface area contributed by atoms with E-state index in [1.165, 1.54) is 25.7 Å². The molecule has 108 valence electrons.